The first-order valence-corrected chi connectivity index (χ1v) is 12.3. The third kappa shape index (κ3) is 3.15. The molecular formula is CH3Cl5Si2. The summed E-state index contributed by atoms with van der Waals surface area (Å²) in [6.07, 6.45) is -2.48. The number of rotatable bonds is 1. The first kappa shape index (κ1) is 9.88. The SMILES string of the molecule is C[Si](Cl)(Cl)[Si](Cl)(Cl)Cl. The van der Waals surface area contributed by atoms with Crippen LogP contribution in [0.2, 0.25) is 6.55 Å². The Morgan fingerprint density at radius 1 is 0.875 bits per heavy atom. The van der Waals surface area contributed by atoms with E-state index in [4.69, 9.17) is 55.4 Å². The summed E-state index contributed by atoms with van der Waals surface area (Å²) in [5, 5.41) is 0. The molecule has 0 atom stereocenters. The Hall–Kier alpha value is 1.88. The van der Waals surface area contributed by atoms with Gasteiger partial charge >= 0.3 is 5.52 Å². The van der Waals surface area contributed by atoms with Gasteiger partial charge in [0.25, 0.3) is 6.21 Å². The molecule has 0 N–H and O–H groups in total. The van der Waals surface area contributed by atoms with Crippen molar-refractivity contribution in [3.05, 3.63) is 0 Å². The number of hydrogen-bond acceptors (Lipinski definition) is 0. The average molecular weight is 248 g/mol. The van der Waals surface area contributed by atoms with Gasteiger partial charge in [0.2, 0.25) is 0 Å². The molecule has 8 heavy (non-hydrogen) atoms. The van der Waals surface area contributed by atoms with Gasteiger partial charge in [-0.05, 0) is 6.55 Å². The lowest BCUT2D eigenvalue weighted by molar-refractivity contribution is 2.30. The highest BCUT2D eigenvalue weighted by molar-refractivity contribution is 8.02. The minimum atomic E-state index is -2.77. The maximum atomic E-state index is 5.58. The van der Waals surface area contributed by atoms with Crippen LogP contribution in [0.15, 0.2) is 0 Å². The highest BCUT2D eigenvalue weighted by Crippen LogP contribution is 2.36. The fourth-order valence-corrected chi connectivity index (χ4v) is 0. The Labute approximate surface area is 73.3 Å². The van der Waals surface area contributed by atoms with Crippen LogP contribution in [-0.2, 0) is 0 Å². The van der Waals surface area contributed by atoms with Crippen molar-refractivity contribution in [1.29, 1.82) is 0 Å². The molecule has 0 bridgehead atoms. The zero-order valence-corrected chi connectivity index (χ0v) is 9.67. The zero-order valence-electron chi connectivity index (χ0n) is 3.89. The number of hydrogen-bond donors (Lipinski definition) is 0. The van der Waals surface area contributed by atoms with E-state index < -0.39 is 11.7 Å². The first-order chi connectivity index (χ1) is 3.25. The predicted molar refractivity (Wildman–Crippen MR) is 46.6 cm³/mol. The summed E-state index contributed by atoms with van der Waals surface area (Å²) in [5.74, 6) is 0. The molecule has 7 heteroatoms. The Kier molecular flexibility index (Phi) is 3.54. The van der Waals surface area contributed by atoms with E-state index in [1.165, 1.54) is 0 Å². The van der Waals surface area contributed by atoms with Gasteiger partial charge in [0, 0.05) is 0 Å². The van der Waals surface area contributed by atoms with Crippen LogP contribution in [0.4, 0.5) is 0 Å². The summed E-state index contributed by atoms with van der Waals surface area (Å²) in [4.78, 5) is 0. The molecule has 0 radical (unpaired) electrons. The second kappa shape index (κ2) is 2.86. The van der Waals surface area contributed by atoms with Gasteiger partial charge in [-0.3, -0.25) is 0 Å². The Morgan fingerprint density at radius 2 is 1.00 bits per heavy atom. The van der Waals surface area contributed by atoms with Crippen molar-refractivity contribution in [2.75, 3.05) is 0 Å². The molecular weight excluding hydrogens is 245 g/mol. The smallest absolute Gasteiger partial charge is 0.145 e. The Bertz CT molecular complexity index is 65.4. The largest absolute Gasteiger partial charge is 0.358 e. The average Bonchev–Trinajstić information content (AvgIpc) is 1.25. The lowest BCUT2D eigenvalue weighted by atomic mass is 11.9. The van der Waals surface area contributed by atoms with E-state index >= 15 is 0 Å². The summed E-state index contributed by atoms with van der Waals surface area (Å²) in [6, 6.07) is 0. The molecule has 0 amide bonds. The van der Waals surface area contributed by atoms with Gasteiger partial charge in [-0.25, -0.2) is 0 Å². The lowest BCUT2D eigenvalue weighted by Gasteiger charge is -2.15. The van der Waals surface area contributed by atoms with Crippen molar-refractivity contribution in [2.24, 2.45) is 0 Å². The van der Waals surface area contributed by atoms with Gasteiger partial charge in [-0.15, -0.1) is 55.4 Å². The number of halogens is 5. The van der Waals surface area contributed by atoms with Crippen molar-refractivity contribution < 1.29 is 0 Å². The van der Waals surface area contributed by atoms with Crippen molar-refractivity contribution in [2.45, 2.75) is 6.55 Å². The van der Waals surface area contributed by atoms with E-state index in [0.29, 0.717) is 0 Å². The van der Waals surface area contributed by atoms with Gasteiger partial charge in [-0.2, -0.15) is 0 Å². The van der Waals surface area contributed by atoms with Gasteiger partial charge < -0.3 is 0 Å². The van der Waals surface area contributed by atoms with Crippen molar-refractivity contribution in [3.8, 4) is 0 Å². The van der Waals surface area contributed by atoms with Gasteiger partial charge in [0.15, 0.2) is 0 Å². The fraction of sp³-hybridized carbons (Fsp3) is 1.00. The van der Waals surface area contributed by atoms with Crippen molar-refractivity contribution in [3.63, 3.8) is 0 Å². The predicted octanol–water partition coefficient (Wildman–Crippen LogP) is 3.27. The monoisotopic (exact) mass is 246 g/mol. The molecule has 0 aliphatic rings. The van der Waals surface area contributed by atoms with Crippen molar-refractivity contribution in [1.82, 2.24) is 0 Å². The summed E-state index contributed by atoms with van der Waals surface area (Å²) in [5.41, 5.74) is -2.77. The molecule has 0 aromatic rings. The molecule has 0 spiro atoms. The van der Waals surface area contributed by atoms with Crippen LogP contribution in [0.3, 0.4) is 0 Å². The van der Waals surface area contributed by atoms with Crippen LogP contribution in [0.5, 0.6) is 0 Å². The molecule has 0 heterocycles. The molecule has 0 saturated heterocycles. The van der Waals surface area contributed by atoms with Crippen LogP contribution < -0.4 is 0 Å². The van der Waals surface area contributed by atoms with Crippen LogP contribution in [0, 0.1) is 0 Å². The molecule has 0 aromatic carbocycles. The van der Waals surface area contributed by atoms with Gasteiger partial charge in [0.1, 0.15) is 0 Å². The molecule has 0 nitrogen and oxygen atoms in total. The zero-order chi connectivity index (χ0) is 7.00. The maximum absolute atomic E-state index is 5.58. The normalized spacial score (nSPS) is 14.2. The van der Waals surface area contributed by atoms with Crippen LogP contribution in [0.25, 0.3) is 0 Å². The first-order valence-electron chi connectivity index (χ1n) is 1.69. The van der Waals surface area contributed by atoms with Crippen molar-refractivity contribution >= 4 is 67.1 Å². The van der Waals surface area contributed by atoms with E-state index in [1.54, 1.807) is 6.55 Å². The van der Waals surface area contributed by atoms with Gasteiger partial charge in [-0.1, -0.05) is 0 Å². The molecule has 0 aromatic heterocycles. The van der Waals surface area contributed by atoms with Crippen LogP contribution >= 0.6 is 55.4 Å². The summed E-state index contributed by atoms with van der Waals surface area (Å²) in [6.45, 7) is 1.61. The third-order valence-electron chi connectivity index (χ3n) is 0.498. The second-order valence-corrected chi connectivity index (χ2v) is 26.1. The Balaban J connectivity index is 4.02. The van der Waals surface area contributed by atoms with Gasteiger partial charge in [0.05, 0.1) is 0 Å². The summed E-state index contributed by atoms with van der Waals surface area (Å²) >= 11 is 27.6. The maximum Gasteiger partial charge on any atom is 0.358 e. The van der Waals surface area contributed by atoms with Crippen LogP contribution in [0.1, 0.15) is 0 Å². The highest BCUT2D eigenvalue weighted by atomic mass is 35.9. The quantitative estimate of drug-likeness (QED) is 0.493. The molecule has 0 fully saturated rings. The molecule has 0 aliphatic heterocycles. The molecule has 0 rings (SSSR count). The molecule has 0 aliphatic carbocycles. The second-order valence-electron chi connectivity index (χ2n) is 1.39. The standard InChI is InChI=1S/CH3Cl5Si2/c1-7(2,3)8(4,5)6/h1H3. The van der Waals surface area contributed by atoms with E-state index in [1.807, 2.05) is 0 Å². The molecule has 50 valence electrons. The Morgan fingerprint density at radius 3 is 1.00 bits per heavy atom. The van der Waals surface area contributed by atoms with Crippen LogP contribution in [-0.4, -0.2) is 11.7 Å². The minimum absolute atomic E-state index is 1.61. The summed E-state index contributed by atoms with van der Waals surface area (Å²) < 4.78 is 0. The fourth-order valence-electron chi connectivity index (χ4n) is 0. The minimum Gasteiger partial charge on any atom is -0.145 e. The topological polar surface area (TPSA) is 0 Å². The molecule has 0 saturated carbocycles. The summed E-state index contributed by atoms with van der Waals surface area (Å²) in [7, 11) is 0. The third-order valence-corrected chi connectivity index (χ3v) is 25.0. The van der Waals surface area contributed by atoms with E-state index in [-0.39, 0.29) is 0 Å². The van der Waals surface area contributed by atoms with E-state index in [0.717, 1.165) is 0 Å². The van der Waals surface area contributed by atoms with E-state index in [9.17, 15) is 0 Å². The molecule has 0 unspecified atom stereocenters. The highest BCUT2D eigenvalue weighted by Gasteiger charge is 2.48. The van der Waals surface area contributed by atoms with E-state index in [2.05, 4.69) is 0 Å². The lowest BCUT2D eigenvalue weighted by Crippen LogP contribution is -2.39.